The van der Waals surface area contributed by atoms with Crippen molar-refractivity contribution in [2.75, 3.05) is 6.61 Å². The van der Waals surface area contributed by atoms with Crippen molar-refractivity contribution in [1.82, 2.24) is 0 Å². The largest absolute Gasteiger partial charge is 0.493 e. The fraction of sp³-hybridized carbons (Fsp3) is 0.238. The zero-order valence-corrected chi connectivity index (χ0v) is 14.7. The molecule has 2 aromatic carbocycles. The highest BCUT2D eigenvalue weighted by Gasteiger charge is 2.15. The maximum atomic E-state index is 12.4. The molecule has 0 aliphatic carbocycles. The van der Waals surface area contributed by atoms with E-state index in [-0.39, 0.29) is 5.57 Å². The minimum atomic E-state index is -0.676. The molecular formula is C21H21NO3. The Labute approximate surface area is 148 Å². The number of para-hydroxylation sites is 2. The predicted molar refractivity (Wildman–Crippen MR) is 97.4 cm³/mol. The topological polar surface area (TPSA) is 59.3 Å². The van der Waals surface area contributed by atoms with E-state index in [4.69, 9.17) is 9.47 Å². The SMILES string of the molecule is CCCOc1ccccc1/C=C(\C#N)C(=O)Oc1c(C)cccc1C. The molecule has 0 atom stereocenters. The molecule has 0 aliphatic rings. The Morgan fingerprint density at radius 1 is 1.12 bits per heavy atom. The van der Waals surface area contributed by atoms with Crippen molar-refractivity contribution in [3.8, 4) is 17.6 Å². The molecule has 2 rings (SSSR count). The standard InChI is InChI=1S/C21H21NO3/c1-4-12-24-19-11-6-5-10-17(19)13-18(14-22)21(23)25-20-15(2)8-7-9-16(20)3/h5-11,13H,4,12H2,1-3H3/b18-13+. The summed E-state index contributed by atoms with van der Waals surface area (Å²) in [4.78, 5) is 12.4. The number of carbonyl (C=O) groups excluding carboxylic acids is 1. The van der Waals surface area contributed by atoms with Crippen LogP contribution in [0.1, 0.15) is 30.0 Å². The third-order valence-corrected chi connectivity index (χ3v) is 3.62. The summed E-state index contributed by atoms with van der Waals surface area (Å²) < 4.78 is 11.1. The van der Waals surface area contributed by atoms with E-state index in [1.807, 2.05) is 63.2 Å². The lowest BCUT2D eigenvalue weighted by molar-refractivity contribution is -0.129. The second kappa shape index (κ2) is 8.70. The van der Waals surface area contributed by atoms with Crippen LogP contribution in [0.15, 0.2) is 48.0 Å². The van der Waals surface area contributed by atoms with Gasteiger partial charge in [0, 0.05) is 5.56 Å². The van der Waals surface area contributed by atoms with Crippen LogP contribution in [-0.4, -0.2) is 12.6 Å². The van der Waals surface area contributed by atoms with Crippen molar-refractivity contribution < 1.29 is 14.3 Å². The fourth-order valence-electron chi connectivity index (χ4n) is 2.34. The van der Waals surface area contributed by atoms with Gasteiger partial charge >= 0.3 is 5.97 Å². The van der Waals surface area contributed by atoms with Gasteiger partial charge in [-0.2, -0.15) is 5.26 Å². The minimum absolute atomic E-state index is 0.0739. The summed E-state index contributed by atoms with van der Waals surface area (Å²) in [5.74, 6) is 0.450. The van der Waals surface area contributed by atoms with E-state index in [1.165, 1.54) is 6.08 Å². The number of hydrogen-bond acceptors (Lipinski definition) is 4. The number of nitriles is 1. The molecule has 0 spiro atoms. The lowest BCUT2D eigenvalue weighted by Gasteiger charge is -2.10. The van der Waals surface area contributed by atoms with Gasteiger partial charge in [-0.25, -0.2) is 4.79 Å². The molecule has 0 unspecified atom stereocenters. The van der Waals surface area contributed by atoms with Crippen LogP contribution in [0, 0.1) is 25.2 Å². The lowest BCUT2D eigenvalue weighted by Crippen LogP contribution is -2.12. The maximum Gasteiger partial charge on any atom is 0.354 e. The summed E-state index contributed by atoms with van der Waals surface area (Å²) in [6, 6.07) is 14.8. The monoisotopic (exact) mass is 335 g/mol. The van der Waals surface area contributed by atoms with Gasteiger partial charge in [0.25, 0.3) is 0 Å². The van der Waals surface area contributed by atoms with E-state index in [0.717, 1.165) is 17.5 Å². The highest BCUT2D eigenvalue weighted by molar-refractivity contribution is 5.99. The summed E-state index contributed by atoms with van der Waals surface area (Å²) in [7, 11) is 0. The molecule has 4 heteroatoms. The first kappa shape index (κ1) is 18.3. The van der Waals surface area contributed by atoms with Gasteiger partial charge in [-0.15, -0.1) is 0 Å². The maximum absolute atomic E-state index is 12.4. The van der Waals surface area contributed by atoms with E-state index >= 15 is 0 Å². The molecule has 25 heavy (non-hydrogen) atoms. The molecule has 0 aliphatic heterocycles. The van der Waals surface area contributed by atoms with Crippen molar-refractivity contribution in [2.45, 2.75) is 27.2 Å². The molecule has 0 heterocycles. The summed E-state index contributed by atoms with van der Waals surface area (Å²) in [6.45, 7) is 6.30. The van der Waals surface area contributed by atoms with Gasteiger partial charge in [-0.05, 0) is 43.5 Å². The van der Waals surface area contributed by atoms with Crippen molar-refractivity contribution in [3.63, 3.8) is 0 Å². The normalized spacial score (nSPS) is 10.9. The second-order valence-electron chi connectivity index (χ2n) is 5.67. The van der Waals surface area contributed by atoms with Crippen LogP contribution in [0.2, 0.25) is 0 Å². The average molecular weight is 335 g/mol. The number of carbonyl (C=O) groups is 1. The first-order valence-electron chi connectivity index (χ1n) is 8.18. The van der Waals surface area contributed by atoms with Crippen molar-refractivity contribution in [1.29, 1.82) is 5.26 Å². The molecule has 0 aromatic heterocycles. The Balaban J connectivity index is 2.29. The molecule has 0 radical (unpaired) electrons. The Bertz CT molecular complexity index is 811. The number of ether oxygens (including phenoxy) is 2. The molecule has 2 aromatic rings. The first-order chi connectivity index (χ1) is 12.1. The van der Waals surface area contributed by atoms with Gasteiger partial charge < -0.3 is 9.47 Å². The predicted octanol–water partition coefficient (Wildman–Crippen LogP) is 4.60. The highest BCUT2D eigenvalue weighted by atomic mass is 16.5. The van der Waals surface area contributed by atoms with Crippen molar-refractivity contribution in [2.24, 2.45) is 0 Å². The van der Waals surface area contributed by atoms with E-state index in [9.17, 15) is 10.1 Å². The van der Waals surface area contributed by atoms with Crippen LogP contribution < -0.4 is 9.47 Å². The Morgan fingerprint density at radius 3 is 2.44 bits per heavy atom. The van der Waals surface area contributed by atoms with Gasteiger partial charge in [0.1, 0.15) is 23.1 Å². The zero-order valence-electron chi connectivity index (χ0n) is 14.7. The molecule has 0 fully saturated rings. The average Bonchev–Trinajstić information content (AvgIpc) is 2.61. The minimum Gasteiger partial charge on any atom is -0.493 e. The number of hydrogen-bond donors (Lipinski definition) is 0. The van der Waals surface area contributed by atoms with Gasteiger partial charge in [-0.3, -0.25) is 0 Å². The Kier molecular flexibility index (Phi) is 6.36. The molecule has 0 saturated carbocycles. The summed E-state index contributed by atoms with van der Waals surface area (Å²) >= 11 is 0. The molecule has 0 N–H and O–H groups in total. The molecule has 128 valence electrons. The second-order valence-corrected chi connectivity index (χ2v) is 5.67. The molecule has 0 saturated heterocycles. The van der Waals surface area contributed by atoms with Gasteiger partial charge in [0.15, 0.2) is 0 Å². The summed E-state index contributed by atoms with van der Waals surface area (Å²) in [6.07, 6.45) is 2.37. The van der Waals surface area contributed by atoms with Crippen molar-refractivity contribution in [3.05, 3.63) is 64.7 Å². The van der Waals surface area contributed by atoms with E-state index < -0.39 is 5.97 Å². The van der Waals surface area contributed by atoms with Gasteiger partial charge in [0.05, 0.1) is 6.61 Å². The Morgan fingerprint density at radius 2 is 1.80 bits per heavy atom. The van der Waals surface area contributed by atoms with Crippen LogP contribution in [0.4, 0.5) is 0 Å². The number of rotatable bonds is 6. The number of nitrogens with zero attached hydrogens (tertiary/aromatic N) is 1. The van der Waals surface area contributed by atoms with Crippen LogP contribution in [0.25, 0.3) is 6.08 Å². The number of esters is 1. The lowest BCUT2D eigenvalue weighted by atomic mass is 10.1. The van der Waals surface area contributed by atoms with Crippen LogP contribution >= 0.6 is 0 Å². The number of aryl methyl sites for hydroxylation is 2. The van der Waals surface area contributed by atoms with Crippen LogP contribution in [0.3, 0.4) is 0 Å². The third-order valence-electron chi connectivity index (χ3n) is 3.62. The van der Waals surface area contributed by atoms with Crippen LogP contribution in [-0.2, 0) is 4.79 Å². The van der Waals surface area contributed by atoms with E-state index in [1.54, 1.807) is 6.07 Å². The molecule has 4 nitrogen and oxygen atoms in total. The number of benzene rings is 2. The molecule has 0 bridgehead atoms. The van der Waals surface area contributed by atoms with Crippen molar-refractivity contribution >= 4 is 12.0 Å². The Hall–Kier alpha value is -3.06. The van der Waals surface area contributed by atoms with E-state index in [2.05, 4.69) is 0 Å². The zero-order chi connectivity index (χ0) is 18.2. The highest BCUT2D eigenvalue weighted by Crippen LogP contribution is 2.25. The quantitative estimate of drug-likeness (QED) is 0.335. The smallest absolute Gasteiger partial charge is 0.354 e. The van der Waals surface area contributed by atoms with Crippen LogP contribution in [0.5, 0.6) is 11.5 Å². The molecule has 0 amide bonds. The van der Waals surface area contributed by atoms with Gasteiger partial charge in [0.2, 0.25) is 0 Å². The molecular weight excluding hydrogens is 314 g/mol. The fourth-order valence-corrected chi connectivity index (χ4v) is 2.34. The summed E-state index contributed by atoms with van der Waals surface area (Å²) in [5.41, 5.74) is 2.29. The van der Waals surface area contributed by atoms with Gasteiger partial charge in [-0.1, -0.05) is 43.3 Å². The summed E-state index contributed by atoms with van der Waals surface area (Å²) in [5, 5.41) is 9.38. The third kappa shape index (κ3) is 4.71. The van der Waals surface area contributed by atoms with E-state index in [0.29, 0.717) is 23.7 Å². The first-order valence-corrected chi connectivity index (χ1v) is 8.18.